The second-order valence-electron chi connectivity index (χ2n) is 11.8. The van der Waals surface area contributed by atoms with Crippen LogP contribution in [0.15, 0.2) is 119 Å². The zero-order valence-electron chi connectivity index (χ0n) is 28.4. The first-order valence-electron chi connectivity index (χ1n) is 16.1. The molecule has 278 valence electrons. The first-order valence-corrected chi connectivity index (χ1v) is 18.7. The molecule has 0 saturated carbocycles. The van der Waals surface area contributed by atoms with Crippen LogP contribution < -0.4 is 14.8 Å². The lowest BCUT2D eigenvalue weighted by molar-refractivity contribution is -0.143. The Morgan fingerprint density at radius 2 is 1.63 bits per heavy atom. The zero-order chi connectivity index (χ0) is 38.6. The molecule has 0 aliphatic rings. The van der Waals surface area contributed by atoms with Gasteiger partial charge in [-0.2, -0.15) is 18.3 Å². The number of hydrogen-bond donors (Lipinski definition) is 2. The van der Waals surface area contributed by atoms with E-state index in [1.165, 1.54) is 44.5 Å². The fraction of sp³-hybridized carbons (Fsp3) is 0.132. The van der Waals surface area contributed by atoms with Crippen molar-refractivity contribution in [1.29, 1.82) is 0 Å². The molecule has 1 amide bonds. The largest absolute Gasteiger partial charge is 0.467 e. The van der Waals surface area contributed by atoms with Crippen LogP contribution in [0.1, 0.15) is 21.6 Å². The van der Waals surface area contributed by atoms with Gasteiger partial charge in [-0.15, -0.1) is 11.3 Å². The molecule has 0 radical (unpaired) electrons. The third-order valence-corrected chi connectivity index (χ3v) is 11.3. The molecule has 10 nitrogen and oxygen atoms in total. The van der Waals surface area contributed by atoms with E-state index in [0.717, 1.165) is 21.9 Å². The zero-order valence-corrected chi connectivity index (χ0v) is 30.8. The Morgan fingerprint density at radius 1 is 0.926 bits per heavy atom. The monoisotopic (exact) mass is 794 g/mol. The molecule has 2 heterocycles. The molecule has 6 rings (SSSR count). The summed E-state index contributed by atoms with van der Waals surface area (Å²) in [6.45, 7) is 0. The number of anilines is 1. The first kappa shape index (κ1) is 38.1. The maximum absolute atomic E-state index is 13.7. The fourth-order valence-electron chi connectivity index (χ4n) is 5.46. The highest BCUT2D eigenvalue weighted by Gasteiger charge is 2.35. The number of carbonyl (C=O) groups is 2. The van der Waals surface area contributed by atoms with Crippen molar-refractivity contribution in [2.75, 3.05) is 11.8 Å². The van der Waals surface area contributed by atoms with E-state index >= 15 is 0 Å². The summed E-state index contributed by atoms with van der Waals surface area (Å²) >= 11 is 6.92. The third-order valence-electron chi connectivity index (χ3n) is 8.09. The van der Waals surface area contributed by atoms with E-state index in [0.29, 0.717) is 28.4 Å². The Balaban J connectivity index is 1.19. The Kier molecular flexibility index (Phi) is 11.1. The van der Waals surface area contributed by atoms with Crippen LogP contribution in [0.5, 0.6) is 11.5 Å². The average molecular weight is 795 g/mol. The van der Waals surface area contributed by atoms with Gasteiger partial charge in [0, 0.05) is 24.1 Å². The number of amides is 1. The van der Waals surface area contributed by atoms with Gasteiger partial charge < -0.3 is 14.8 Å². The molecule has 1 atom stereocenters. The fourth-order valence-corrected chi connectivity index (χ4v) is 8.07. The van der Waals surface area contributed by atoms with Crippen molar-refractivity contribution in [3.63, 3.8) is 0 Å². The second-order valence-corrected chi connectivity index (χ2v) is 15.2. The minimum Gasteiger partial charge on any atom is -0.467 e. The number of halogens is 4. The standard InChI is InChI=1S/C38H30ClF3N4O6S2/c1-46-31(22-34(44-46)38(40,41)42)33-18-19-35(53-33)54(49,50)45-29-17-16-25(39)21-28(29)36(47)43-30(37(48)51-2)20-23-12-14-24(15-13-23)27-10-6-7-11-32(27)52-26-8-4-3-5-9-26/h3-19,21-22,30,45H,20H2,1-2H3,(H,43,47)/t30-/m0/s1. The van der Waals surface area contributed by atoms with Crippen LogP contribution in [0.4, 0.5) is 18.9 Å². The van der Waals surface area contributed by atoms with Gasteiger partial charge in [-0.25, -0.2) is 13.2 Å². The third kappa shape index (κ3) is 8.76. The van der Waals surface area contributed by atoms with Crippen molar-refractivity contribution in [3.05, 3.63) is 137 Å². The maximum Gasteiger partial charge on any atom is 0.435 e. The lowest BCUT2D eigenvalue weighted by Crippen LogP contribution is -2.43. The van der Waals surface area contributed by atoms with Crippen LogP contribution in [0.2, 0.25) is 5.02 Å². The number of aryl methyl sites for hydroxylation is 1. The molecular weight excluding hydrogens is 765 g/mol. The molecule has 0 aliphatic heterocycles. The molecule has 2 aromatic heterocycles. The van der Waals surface area contributed by atoms with E-state index in [1.807, 2.05) is 66.7 Å². The molecule has 0 aliphatic carbocycles. The van der Waals surface area contributed by atoms with Gasteiger partial charge in [0.2, 0.25) is 0 Å². The summed E-state index contributed by atoms with van der Waals surface area (Å²) in [6.07, 6.45) is -4.65. The van der Waals surface area contributed by atoms with Crippen molar-refractivity contribution in [2.24, 2.45) is 7.05 Å². The summed E-state index contributed by atoms with van der Waals surface area (Å²) in [5.41, 5.74) is 0.972. The van der Waals surface area contributed by atoms with Crippen LogP contribution in [-0.4, -0.2) is 43.2 Å². The van der Waals surface area contributed by atoms with Crippen LogP contribution in [0, 0.1) is 0 Å². The van der Waals surface area contributed by atoms with Gasteiger partial charge in [0.15, 0.2) is 5.69 Å². The SMILES string of the molecule is COC(=O)[C@H](Cc1ccc(-c2ccccc2Oc2ccccc2)cc1)NC(=O)c1cc(Cl)ccc1NS(=O)(=O)c1ccc(-c2cc(C(F)(F)F)nn2C)s1. The lowest BCUT2D eigenvalue weighted by atomic mass is 9.99. The number of esters is 1. The number of hydrogen-bond acceptors (Lipinski definition) is 8. The molecule has 0 fully saturated rings. The molecule has 0 saturated heterocycles. The van der Waals surface area contributed by atoms with E-state index in [1.54, 1.807) is 12.1 Å². The number of rotatable bonds is 12. The van der Waals surface area contributed by atoms with Crippen molar-refractivity contribution in [2.45, 2.75) is 22.8 Å². The molecule has 6 aromatic rings. The van der Waals surface area contributed by atoms with Gasteiger partial charge in [-0.1, -0.05) is 72.3 Å². The topological polar surface area (TPSA) is 129 Å². The number of alkyl halides is 3. The number of nitrogens with one attached hydrogen (secondary N) is 2. The minimum atomic E-state index is -4.68. The van der Waals surface area contributed by atoms with E-state index in [4.69, 9.17) is 21.1 Å². The summed E-state index contributed by atoms with van der Waals surface area (Å²) in [7, 11) is -1.86. The van der Waals surface area contributed by atoms with Gasteiger partial charge in [0.05, 0.1) is 28.9 Å². The van der Waals surface area contributed by atoms with E-state index in [-0.39, 0.29) is 37.5 Å². The Bertz CT molecular complexity index is 2420. The number of para-hydroxylation sites is 2. The van der Waals surface area contributed by atoms with E-state index < -0.39 is 39.8 Å². The van der Waals surface area contributed by atoms with Crippen molar-refractivity contribution in [3.8, 4) is 33.2 Å². The number of nitrogens with zero attached hydrogens (tertiary/aromatic N) is 2. The number of aromatic nitrogens is 2. The molecular formula is C38H30ClF3N4O6S2. The van der Waals surface area contributed by atoms with Crippen LogP contribution in [0.3, 0.4) is 0 Å². The molecule has 16 heteroatoms. The molecule has 54 heavy (non-hydrogen) atoms. The van der Waals surface area contributed by atoms with E-state index in [9.17, 15) is 31.2 Å². The second kappa shape index (κ2) is 15.8. The quantitative estimate of drug-likeness (QED) is 0.119. The predicted molar refractivity (Wildman–Crippen MR) is 199 cm³/mol. The minimum absolute atomic E-state index is 0.0323. The maximum atomic E-state index is 13.7. The van der Waals surface area contributed by atoms with Gasteiger partial charge in [0.25, 0.3) is 15.9 Å². The molecule has 0 spiro atoms. The first-order chi connectivity index (χ1) is 25.7. The van der Waals surface area contributed by atoms with Crippen LogP contribution >= 0.6 is 22.9 Å². The van der Waals surface area contributed by atoms with Crippen molar-refractivity contribution < 1.29 is 40.7 Å². The molecule has 2 N–H and O–H groups in total. The predicted octanol–water partition coefficient (Wildman–Crippen LogP) is 8.60. The number of ether oxygens (including phenoxy) is 2. The van der Waals surface area contributed by atoms with Gasteiger partial charge in [-0.3, -0.25) is 14.2 Å². The highest BCUT2D eigenvalue weighted by atomic mass is 35.5. The summed E-state index contributed by atoms with van der Waals surface area (Å²) in [6, 6.07) is 30.4. The Hall–Kier alpha value is -5.64. The number of sulfonamides is 1. The number of methoxy groups -OCH3 is 1. The van der Waals surface area contributed by atoms with Gasteiger partial charge in [0.1, 0.15) is 21.8 Å². The summed E-state index contributed by atoms with van der Waals surface area (Å²) in [5, 5.41) is 6.22. The van der Waals surface area contributed by atoms with Crippen LogP contribution in [0.25, 0.3) is 21.7 Å². The molecule has 4 aromatic carbocycles. The summed E-state index contributed by atoms with van der Waals surface area (Å²) in [4.78, 5) is 26.8. The smallest absolute Gasteiger partial charge is 0.435 e. The average Bonchev–Trinajstić information content (AvgIpc) is 3.80. The highest BCUT2D eigenvalue weighted by molar-refractivity contribution is 7.94. The lowest BCUT2D eigenvalue weighted by Gasteiger charge is -2.19. The molecule has 0 unspecified atom stereocenters. The van der Waals surface area contributed by atoms with Crippen molar-refractivity contribution >= 4 is 50.5 Å². The molecule has 0 bridgehead atoms. The van der Waals surface area contributed by atoms with Crippen molar-refractivity contribution in [1.82, 2.24) is 15.1 Å². The summed E-state index contributed by atoms with van der Waals surface area (Å²) < 4.78 is 80.8. The van der Waals surface area contributed by atoms with E-state index in [2.05, 4.69) is 15.1 Å². The normalized spacial score (nSPS) is 12.2. The summed E-state index contributed by atoms with van der Waals surface area (Å²) in [5.74, 6) is -0.235. The van der Waals surface area contributed by atoms with Gasteiger partial charge >= 0.3 is 12.1 Å². The number of carbonyl (C=O) groups excluding carboxylic acids is 2. The number of benzene rings is 4. The van der Waals surface area contributed by atoms with Gasteiger partial charge in [-0.05, 0) is 65.7 Å². The van der Waals surface area contributed by atoms with Crippen LogP contribution in [-0.2, 0) is 39.2 Å². The Morgan fingerprint density at radius 3 is 2.31 bits per heavy atom. The highest BCUT2D eigenvalue weighted by Crippen LogP contribution is 2.37. The Labute approximate surface area is 317 Å². The number of thiophene rings is 1.